The highest BCUT2D eigenvalue weighted by Crippen LogP contribution is 2.26. The molecule has 10 nitrogen and oxygen atoms in total. The van der Waals surface area contributed by atoms with Gasteiger partial charge in [0.25, 0.3) is 0 Å². The van der Waals surface area contributed by atoms with Gasteiger partial charge in [0.15, 0.2) is 9.84 Å². The Morgan fingerprint density at radius 1 is 0.886 bits per heavy atom. The number of nitrogens with zero attached hydrogens (tertiary/aromatic N) is 1. The highest BCUT2D eigenvalue weighted by atomic mass is 32.2. The van der Waals surface area contributed by atoms with Crippen LogP contribution in [0.2, 0.25) is 0 Å². The number of hydrogen-bond donors (Lipinski definition) is 3. The van der Waals surface area contributed by atoms with Crippen molar-refractivity contribution in [2.75, 3.05) is 30.7 Å². The number of piperidine rings is 1. The van der Waals surface area contributed by atoms with E-state index in [1.54, 1.807) is 17.0 Å². The van der Waals surface area contributed by atoms with Crippen LogP contribution in [0.25, 0.3) is 0 Å². The molecule has 0 aromatic heterocycles. The molecule has 2 amide bonds. The number of sulfone groups is 1. The molecule has 44 heavy (non-hydrogen) atoms. The monoisotopic (exact) mass is 620 g/mol. The summed E-state index contributed by atoms with van der Waals surface area (Å²) in [5, 5.41) is 2.66. The summed E-state index contributed by atoms with van der Waals surface area (Å²) in [6, 6.07) is 22.9. The smallest absolute Gasteiger partial charge is 0.309 e. The predicted molar refractivity (Wildman–Crippen MR) is 168 cm³/mol. The predicted octanol–water partition coefficient (Wildman–Crippen LogP) is 3.05. The maximum Gasteiger partial charge on any atom is 0.309 e. The Labute approximate surface area is 258 Å². The van der Waals surface area contributed by atoms with Gasteiger partial charge in [0.1, 0.15) is 6.61 Å². The SMILES string of the molecule is NCCC(=O)Nc1cccc(S(=O)(=O)C[C@@H](Cc2cccc(CN)c2)C(=O)N2CCC(C(=O)OCc3ccccc3)CC2)c1. The fourth-order valence-corrected chi connectivity index (χ4v) is 6.88. The average molecular weight is 621 g/mol. The molecular formula is C33H40N4O6S. The standard InChI is InChI=1S/C33H40N4O6S/c34-15-12-31(38)36-29-10-5-11-30(20-29)44(41,42)23-28(19-25-8-4-9-26(18-25)21-35)32(39)37-16-13-27(14-17-37)33(40)43-22-24-6-2-1-3-7-24/h1-11,18,20,27-28H,12-17,19,21-23,34-35H2,(H,36,38)/t28-/m1/s1. The maximum absolute atomic E-state index is 13.9. The van der Waals surface area contributed by atoms with Crippen LogP contribution in [0.4, 0.5) is 5.69 Å². The summed E-state index contributed by atoms with van der Waals surface area (Å²) < 4.78 is 32.8. The van der Waals surface area contributed by atoms with Crippen LogP contribution in [-0.2, 0) is 48.5 Å². The van der Waals surface area contributed by atoms with Gasteiger partial charge in [-0.15, -0.1) is 0 Å². The Bertz CT molecular complexity index is 1540. The second-order valence-corrected chi connectivity index (χ2v) is 13.0. The molecule has 0 bridgehead atoms. The van der Waals surface area contributed by atoms with E-state index in [1.165, 1.54) is 12.1 Å². The summed E-state index contributed by atoms with van der Waals surface area (Å²) in [6.45, 7) is 1.34. The Kier molecular flexibility index (Phi) is 11.6. The van der Waals surface area contributed by atoms with Gasteiger partial charge in [-0.1, -0.05) is 60.7 Å². The summed E-state index contributed by atoms with van der Waals surface area (Å²) in [4.78, 5) is 40.3. The van der Waals surface area contributed by atoms with Crippen molar-refractivity contribution < 1.29 is 27.5 Å². The van der Waals surface area contributed by atoms with Crippen molar-refractivity contribution in [1.82, 2.24) is 4.90 Å². The molecule has 3 aromatic carbocycles. The highest BCUT2D eigenvalue weighted by molar-refractivity contribution is 7.91. The van der Waals surface area contributed by atoms with Crippen LogP contribution in [0.5, 0.6) is 0 Å². The number of hydrogen-bond acceptors (Lipinski definition) is 8. The minimum atomic E-state index is -3.93. The third-order valence-electron chi connectivity index (χ3n) is 7.69. The van der Waals surface area contributed by atoms with Crippen LogP contribution in [-0.4, -0.2) is 56.5 Å². The number of esters is 1. The van der Waals surface area contributed by atoms with Crippen LogP contribution in [0, 0.1) is 11.8 Å². The molecule has 1 fully saturated rings. The molecule has 1 aliphatic heterocycles. The zero-order chi connectivity index (χ0) is 31.5. The van der Waals surface area contributed by atoms with Crippen molar-refractivity contribution >= 4 is 33.3 Å². The Morgan fingerprint density at radius 3 is 2.27 bits per heavy atom. The zero-order valence-corrected chi connectivity index (χ0v) is 25.5. The number of benzene rings is 3. The number of rotatable bonds is 13. The topological polar surface area (TPSA) is 162 Å². The fourth-order valence-electron chi connectivity index (χ4n) is 5.31. The highest BCUT2D eigenvalue weighted by Gasteiger charge is 2.34. The van der Waals surface area contributed by atoms with Crippen molar-refractivity contribution in [2.24, 2.45) is 23.3 Å². The molecule has 11 heteroatoms. The van der Waals surface area contributed by atoms with Crippen LogP contribution in [0.3, 0.4) is 0 Å². The largest absolute Gasteiger partial charge is 0.461 e. The van der Waals surface area contributed by atoms with E-state index in [1.807, 2.05) is 54.6 Å². The number of nitrogens with two attached hydrogens (primary N) is 2. The van der Waals surface area contributed by atoms with Gasteiger partial charge in [0, 0.05) is 38.3 Å². The molecular weight excluding hydrogens is 580 g/mol. The molecule has 1 heterocycles. The second-order valence-electron chi connectivity index (χ2n) is 11.0. The third-order valence-corrected chi connectivity index (χ3v) is 9.50. The van der Waals surface area contributed by atoms with E-state index in [2.05, 4.69) is 5.32 Å². The second kappa shape index (κ2) is 15.6. The normalized spacial score (nSPS) is 14.5. The van der Waals surface area contributed by atoms with Crippen molar-refractivity contribution in [3.63, 3.8) is 0 Å². The van der Waals surface area contributed by atoms with E-state index < -0.39 is 21.5 Å². The molecule has 0 saturated carbocycles. The number of likely N-dealkylation sites (tertiary alicyclic amines) is 1. The van der Waals surface area contributed by atoms with Crippen molar-refractivity contribution in [2.45, 2.75) is 43.7 Å². The lowest BCUT2D eigenvalue weighted by atomic mass is 9.94. The van der Waals surface area contributed by atoms with Crippen LogP contribution in [0.1, 0.15) is 36.0 Å². The van der Waals surface area contributed by atoms with E-state index in [4.69, 9.17) is 16.2 Å². The molecule has 0 spiro atoms. The van der Waals surface area contributed by atoms with Gasteiger partial charge >= 0.3 is 5.97 Å². The molecule has 0 unspecified atom stereocenters. The fraction of sp³-hybridized carbons (Fsp3) is 0.364. The van der Waals surface area contributed by atoms with Crippen LogP contribution in [0.15, 0.2) is 83.8 Å². The van der Waals surface area contributed by atoms with E-state index in [0.717, 1.165) is 16.7 Å². The third kappa shape index (κ3) is 9.22. The first-order valence-corrected chi connectivity index (χ1v) is 16.4. The van der Waals surface area contributed by atoms with Gasteiger partial charge in [-0.3, -0.25) is 14.4 Å². The van der Waals surface area contributed by atoms with E-state index >= 15 is 0 Å². The van der Waals surface area contributed by atoms with Gasteiger partial charge in [-0.2, -0.15) is 0 Å². The minimum Gasteiger partial charge on any atom is -0.461 e. The zero-order valence-electron chi connectivity index (χ0n) is 24.7. The maximum atomic E-state index is 13.9. The van der Waals surface area contributed by atoms with Gasteiger partial charge < -0.3 is 26.4 Å². The first-order chi connectivity index (χ1) is 21.2. The Balaban J connectivity index is 1.47. The van der Waals surface area contributed by atoms with Crippen LogP contribution < -0.4 is 16.8 Å². The summed E-state index contributed by atoms with van der Waals surface area (Å²) in [6.07, 6.45) is 1.19. The summed E-state index contributed by atoms with van der Waals surface area (Å²) in [5.41, 5.74) is 14.2. The van der Waals surface area contributed by atoms with Crippen molar-refractivity contribution in [3.8, 4) is 0 Å². The molecule has 3 aromatic rings. The van der Waals surface area contributed by atoms with Crippen LogP contribution >= 0.6 is 0 Å². The summed E-state index contributed by atoms with van der Waals surface area (Å²) >= 11 is 0. The van der Waals surface area contributed by atoms with Crippen molar-refractivity contribution in [3.05, 3.63) is 95.6 Å². The van der Waals surface area contributed by atoms with Gasteiger partial charge in [0.05, 0.1) is 22.5 Å². The molecule has 1 saturated heterocycles. The van der Waals surface area contributed by atoms with E-state index in [9.17, 15) is 22.8 Å². The van der Waals surface area contributed by atoms with E-state index in [0.29, 0.717) is 38.2 Å². The van der Waals surface area contributed by atoms with E-state index in [-0.39, 0.29) is 54.6 Å². The lowest BCUT2D eigenvalue weighted by Gasteiger charge is -2.33. The van der Waals surface area contributed by atoms with Crippen molar-refractivity contribution in [1.29, 1.82) is 0 Å². The number of nitrogens with one attached hydrogen (secondary N) is 1. The first-order valence-electron chi connectivity index (χ1n) is 14.8. The summed E-state index contributed by atoms with van der Waals surface area (Å²) in [7, 11) is -3.93. The number of carbonyl (C=O) groups is 3. The first kappa shape index (κ1) is 32.8. The molecule has 234 valence electrons. The number of carbonyl (C=O) groups excluding carboxylic acids is 3. The number of amides is 2. The lowest BCUT2D eigenvalue weighted by Crippen LogP contribution is -2.45. The lowest BCUT2D eigenvalue weighted by molar-refractivity contribution is -0.153. The number of anilines is 1. The molecule has 5 N–H and O–H groups in total. The molecule has 0 radical (unpaired) electrons. The molecule has 1 aliphatic rings. The quantitative estimate of drug-likeness (QED) is 0.246. The molecule has 4 rings (SSSR count). The number of ether oxygens (including phenoxy) is 1. The van der Waals surface area contributed by atoms with Gasteiger partial charge in [0.2, 0.25) is 11.8 Å². The van der Waals surface area contributed by atoms with Gasteiger partial charge in [-0.25, -0.2) is 8.42 Å². The Hall–Kier alpha value is -4.06. The van der Waals surface area contributed by atoms with Gasteiger partial charge in [-0.05, 0) is 54.2 Å². The minimum absolute atomic E-state index is 0.0106. The Morgan fingerprint density at radius 2 is 1.57 bits per heavy atom. The molecule has 1 atom stereocenters. The average Bonchev–Trinajstić information content (AvgIpc) is 3.04. The summed E-state index contributed by atoms with van der Waals surface area (Å²) in [5.74, 6) is -2.51. The molecule has 0 aliphatic carbocycles.